The van der Waals surface area contributed by atoms with E-state index < -0.39 is 5.60 Å². The van der Waals surface area contributed by atoms with E-state index in [9.17, 15) is 9.59 Å². The predicted octanol–water partition coefficient (Wildman–Crippen LogP) is 1.78. The Morgan fingerprint density at radius 1 is 1.26 bits per heavy atom. The summed E-state index contributed by atoms with van der Waals surface area (Å²) in [7, 11) is 0. The van der Waals surface area contributed by atoms with Crippen LogP contribution >= 0.6 is 0 Å². The van der Waals surface area contributed by atoms with E-state index in [-0.39, 0.29) is 17.7 Å². The van der Waals surface area contributed by atoms with Crippen LogP contribution in [-0.2, 0) is 11.3 Å². The third kappa shape index (κ3) is 5.26. The molecule has 0 aliphatic carbocycles. The van der Waals surface area contributed by atoms with Crippen molar-refractivity contribution in [2.45, 2.75) is 51.8 Å². The minimum absolute atomic E-state index is 0.114. The van der Waals surface area contributed by atoms with Gasteiger partial charge in [-0.2, -0.15) is 0 Å². The molecule has 146 valence electrons. The molecule has 8 heteroatoms. The second-order valence-electron chi connectivity index (χ2n) is 7.86. The third-order valence-corrected chi connectivity index (χ3v) is 4.57. The normalized spacial score (nSPS) is 16.4. The minimum Gasteiger partial charge on any atom is -0.444 e. The van der Waals surface area contributed by atoms with Crippen LogP contribution in [0.5, 0.6) is 0 Å². The van der Waals surface area contributed by atoms with Crippen LogP contribution in [0.15, 0.2) is 29.3 Å². The number of nitrogens with one attached hydrogen (secondary N) is 1. The summed E-state index contributed by atoms with van der Waals surface area (Å²) in [5, 5.41) is 2.94. The minimum atomic E-state index is -0.486. The Bertz CT molecular complexity index is 850. The molecule has 3 rings (SSSR count). The second kappa shape index (κ2) is 8.04. The van der Waals surface area contributed by atoms with E-state index in [0.717, 1.165) is 38.0 Å². The van der Waals surface area contributed by atoms with Crippen LogP contribution in [0.25, 0.3) is 11.2 Å². The molecular formula is C19H27N5O3. The van der Waals surface area contributed by atoms with E-state index in [2.05, 4.69) is 20.2 Å². The lowest BCUT2D eigenvalue weighted by molar-refractivity contribution is 0.0478. The van der Waals surface area contributed by atoms with Gasteiger partial charge in [-0.15, -0.1) is 0 Å². The predicted molar refractivity (Wildman–Crippen MR) is 103 cm³/mol. The number of carbonyl (C=O) groups is 1. The van der Waals surface area contributed by atoms with Gasteiger partial charge in [0, 0.05) is 38.4 Å². The molecule has 1 aliphatic heterocycles. The highest BCUT2D eigenvalue weighted by Gasteiger charge is 2.23. The summed E-state index contributed by atoms with van der Waals surface area (Å²) in [5.74, 6) is 0. The standard InChI is InChI=1S/C19H27N5O3/c1-19(2,3)27-18(26)22-14-6-9-23(10-7-14)11-12-24-15-5-4-8-20-17(15)21-13-16(24)25/h4-5,8,13-14H,6-7,9-12H2,1-3H3,(H,22,26). The number of fused-ring (bicyclic) bond motifs is 1. The first kappa shape index (κ1) is 19.3. The Balaban J connectivity index is 1.51. The van der Waals surface area contributed by atoms with Gasteiger partial charge in [0.2, 0.25) is 0 Å². The highest BCUT2D eigenvalue weighted by atomic mass is 16.6. The van der Waals surface area contributed by atoms with E-state index in [0.29, 0.717) is 12.2 Å². The van der Waals surface area contributed by atoms with Crippen molar-refractivity contribution in [1.29, 1.82) is 0 Å². The quantitative estimate of drug-likeness (QED) is 0.879. The maximum absolute atomic E-state index is 12.2. The van der Waals surface area contributed by atoms with Gasteiger partial charge in [-0.25, -0.2) is 14.8 Å². The van der Waals surface area contributed by atoms with Crippen molar-refractivity contribution in [2.75, 3.05) is 19.6 Å². The maximum atomic E-state index is 12.2. The van der Waals surface area contributed by atoms with Crippen LogP contribution in [0.1, 0.15) is 33.6 Å². The van der Waals surface area contributed by atoms with E-state index in [1.165, 1.54) is 6.20 Å². The highest BCUT2D eigenvalue weighted by Crippen LogP contribution is 2.13. The smallest absolute Gasteiger partial charge is 0.407 e. The van der Waals surface area contributed by atoms with Gasteiger partial charge in [-0.3, -0.25) is 4.79 Å². The maximum Gasteiger partial charge on any atom is 0.407 e. The number of amides is 1. The molecule has 0 aromatic carbocycles. The Labute approximate surface area is 158 Å². The third-order valence-electron chi connectivity index (χ3n) is 4.57. The fourth-order valence-corrected chi connectivity index (χ4v) is 3.25. The number of pyridine rings is 1. The zero-order chi connectivity index (χ0) is 19.4. The van der Waals surface area contributed by atoms with Gasteiger partial charge in [0.05, 0.1) is 11.7 Å². The number of piperidine rings is 1. The molecule has 1 fully saturated rings. The average Bonchev–Trinajstić information content (AvgIpc) is 2.60. The molecule has 0 bridgehead atoms. The number of ether oxygens (including phenoxy) is 1. The zero-order valence-electron chi connectivity index (χ0n) is 16.1. The topological polar surface area (TPSA) is 89.4 Å². The first-order valence-corrected chi connectivity index (χ1v) is 9.34. The summed E-state index contributed by atoms with van der Waals surface area (Å²) in [6.07, 6.45) is 4.38. The van der Waals surface area contributed by atoms with E-state index in [1.54, 1.807) is 10.8 Å². The Morgan fingerprint density at radius 3 is 2.70 bits per heavy atom. The molecule has 1 saturated heterocycles. The average molecular weight is 373 g/mol. The number of aromatic nitrogens is 3. The number of hydrogen-bond donors (Lipinski definition) is 1. The summed E-state index contributed by atoms with van der Waals surface area (Å²) in [5.41, 5.74) is 0.737. The van der Waals surface area contributed by atoms with Crippen LogP contribution in [0.4, 0.5) is 4.79 Å². The molecule has 0 radical (unpaired) electrons. The molecule has 1 N–H and O–H groups in total. The number of hydrogen-bond acceptors (Lipinski definition) is 6. The van der Waals surface area contributed by atoms with Gasteiger partial charge < -0.3 is 19.5 Å². The highest BCUT2D eigenvalue weighted by molar-refractivity contribution is 5.69. The lowest BCUT2D eigenvalue weighted by Gasteiger charge is -2.32. The van der Waals surface area contributed by atoms with Crippen molar-refractivity contribution >= 4 is 17.3 Å². The van der Waals surface area contributed by atoms with Crippen molar-refractivity contribution in [2.24, 2.45) is 0 Å². The number of carbonyl (C=O) groups excluding carboxylic acids is 1. The number of nitrogens with zero attached hydrogens (tertiary/aromatic N) is 4. The largest absolute Gasteiger partial charge is 0.444 e. The first-order valence-electron chi connectivity index (χ1n) is 9.34. The molecule has 2 aromatic rings. The van der Waals surface area contributed by atoms with Gasteiger partial charge in [0.15, 0.2) is 5.65 Å². The monoisotopic (exact) mass is 373 g/mol. The van der Waals surface area contributed by atoms with Crippen LogP contribution in [0, 0.1) is 0 Å². The van der Waals surface area contributed by atoms with Crippen LogP contribution in [0.2, 0.25) is 0 Å². The molecule has 1 amide bonds. The van der Waals surface area contributed by atoms with Gasteiger partial charge in [0.25, 0.3) is 5.56 Å². The molecule has 3 heterocycles. The Morgan fingerprint density at radius 2 is 2.00 bits per heavy atom. The summed E-state index contributed by atoms with van der Waals surface area (Å²) in [6, 6.07) is 3.81. The van der Waals surface area contributed by atoms with Crippen molar-refractivity contribution in [3.05, 3.63) is 34.9 Å². The zero-order valence-corrected chi connectivity index (χ0v) is 16.1. The van der Waals surface area contributed by atoms with Crippen molar-refractivity contribution < 1.29 is 9.53 Å². The SMILES string of the molecule is CC(C)(C)OC(=O)NC1CCN(CCn2c(=O)cnc3ncccc32)CC1. The lowest BCUT2D eigenvalue weighted by Crippen LogP contribution is -2.46. The number of rotatable bonds is 4. The van der Waals surface area contributed by atoms with Gasteiger partial charge in [-0.1, -0.05) is 0 Å². The molecule has 8 nitrogen and oxygen atoms in total. The fraction of sp³-hybridized carbons (Fsp3) is 0.579. The van der Waals surface area contributed by atoms with Crippen molar-refractivity contribution in [1.82, 2.24) is 24.8 Å². The molecule has 2 aromatic heterocycles. The summed E-state index contributed by atoms with van der Waals surface area (Å²) >= 11 is 0. The fourth-order valence-electron chi connectivity index (χ4n) is 3.25. The van der Waals surface area contributed by atoms with Crippen LogP contribution in [0.3, 0.4) is 0 Å². The van der Waals surface area contributed by atoms with Crippen LogP contribution < -0.4 is 10.9 Å². The van der Waals surface area contributed by atoms with Gasteiger partial charge in [-0.05, 0) is 45.7 Å². The molecule has 0 saturated carbocycles. The first-order chi connectivity index (χ1) is 12.8. The van der Waals surface area contributed by atoms with Gasteiger partial charge >= 0.3 is 6.09 Å². The molecule has 27 heavy (non-hydrogen) atoms. The number of likely N-dealkylation sites (tertiary alicyclic amines) is 1. The summed E-state index contributed by atoms with van der Waals surface area (Å²) in [6.45, 7) is 8.67. The Hall–Kier alpha value is -2.48. The molecule has 0 spiro atoms. The second-order valence-corrected chi connectivity index (χ2v) is 7.86. The molecule has 0 unspecified atom stereocenters. The Kier molecular flexibility index (Phi) is 5.74. The van der Waals surface area contributed by atoms with E-state index in [1.807, 2.05) is 32.9 Å². The van der Waals surface area contributed by atoms with E-state index in [4.69, 9.17) is 4.74 Å². The number of alkyl carbamates (subject to hydrolysis) is 1. The molecule has 1 aliphatic rings. The van der Waals surface area contributed by atoms with Crippen molar-refractivity contribution in [3.8, 4) is 0 Å². The van der Waals surface area contributed by atoms with E-state index >= 15 is 0 Å². The lowest BCUT2D eigenvalue weighted by atomic mass is 10.1. The summed E-state index contributed by atoms with van der Waals surface area (Å²) < 4.78 is 7.04. The molecule has 0 atom stereocenters. The van der Waals surface area contributed by atoms with Crippen LogP contribution in [-0.4, -0.2) is 56.8 Å². The molecular weight excluding hydrogens is 346 g/mol. The summed E-state index contributed by atoms with van der Waals surface area (Å²) in [4.78, 5) is 34.7. The van der Waals surface area contributed by atoms with Gasteiger partial charge in [0.1, 0.15) is 5.60 Å². The van der Waals surface area contributed by atoms with Crippen molar-refractivity contribution in [3.63, 3.8) is 0 Å².